The first-order valence-corrected chi connectivity index (χ1v) is 8.10. The van der Waals surface area contributed by atoms with E-state index in [1.165, 1.54) is 43.3 Å². The topological polar surface area (TPSA) is 111 Å². The molecule has 0 aliphatic rings. The number of ether oxygens (including phenoxy) is 1. The van der Waals surface area contributed by atoms with Gasteiger partial charge in [-0.1, -0.05) is 24.3 Å². The van der Waals surface area contributed by atoms with Gasteiger partial charge in [0.1, 0.15) is 11.5 Å². The van der Waals surface area contributed by atoms with Crippen molar-refractivity contribution in [2.24, 2.45) is 0 Å². The third-order valence-corrected chi connectivity index (χ3v) is 3.55. The minimum Gasteiger partial charge on any atom is -0.452 e. The van der Waals surface area contributed by atoms with Crippen LogP contribution in [0, 0.1) is 15.9 Å². The van der Waals surface area contributed by atoms with Crippen molar-refractivity contribution < 1.29 is 23.6 Å². The van der Waals surface area contributed by atoms with E-state index in [0.717, 1.165) is 0 Å². The van der Waals surface area contributed by atoms with Crippen LogP contribution in [-0.2, 0) is 14.3 Å². The van der Waals surface area contributed by atoms with Gasteiger partial charge in [0.05, 0.1) is 17.0 Å². The van der Waals surface area contributed by atoms with Crippen LogP contribution in [0.3, 0.4) is 0 Å². The number of rotatable bonds is 8. The Morgan fingerprint density at radius 1 is 1.15 bits per heavy atom. The van der Waals surface area contributed by atoms with Gasteiger partial charge in [0.2, 0.25) is 0 Å². The lowest BCUT2D eigenvalue weighted by Crippen LogP contribution is -2.30. The zero-order chi connectivity index (χ0) is 19.8. The second-order valence-corrected chi connectivity index (χ2v) is 5.55. The SMILES string of the molecule is CC(OC(=O)CCNc1ccccc1[N+](=O)[O-])C(=O)Nc1ccccc1F. The van der Waals surface area contributed by atoms with Crippen molar-refractivity contribution >= 4 is 28.9 Å². The molecule has 0 aromatic heterocycles. The zero-order valence-electron chi connectivity index (χ0n) is 14.5. The van der Waals surface area contributed by atoms with E-state index in [1.807, 2.05) is 0 Å². The van der Waals surface area contributed by atoms with E-state index in [1.54, 1.807) is 12.1 Å². The van der Waals surface area contributed by atoms with Crippen LogP contribution >= 0.6 is 0 Å². The molecule has 8 nitrogen and oxygen atoms in total. The van der Waals surface area contributed by atoms with Gasteiger partial charge in [-0.2, -0.15) is 0 Å². The lowest BCUT2D eigenvalue weighted by atomic mass is 10.2. The molecular formula is C18H18FN3O5. The molecule has 0 heterocycles. The summed E-state index contributed by atoms with van der Waals surface area (Å²) in [5, 5.41) is 16.0. The van der Waals surface area contributed by atoms with Gasteiger partial charge in [0.15, 0.2) is 6.10 Å². The molecule has 0 bridgehead atoms. The number of hydrogen-bond acceptors (Lipinski definition) is 6. The van der Waals surface area contributed by atoms with Gasteiger partial charge in [0.25, 0.3) is 11.6 Å². The van der Waals surface area contributed by atoms with E-state index < -0.39 is 28.7 Å². The van der Waals surface area contributed by atoms with Crippen molar-refractivity contribution in [1.82, 2.24) is 0 Å². The number of esters is 1. The number of nitrogens with zero attached hydrogens (tertiary/aromatic N) is 1. The summed E-state index contributed by atoms with van der Waals surface area (Å²) < 4.78 is 18.5. The lowest BCUT2D eigenvalue weighted by molar-refractivity contribution is -0.384. The Hall–Kier alpha value is -3.49. The number of nitro groups is 1. The molecule has 0 radical (unpaired) electrons. The first-order chi connectivity index (χ1) is 12.9. The van der Waals surface area contributed by atoms with E-state index in [0.29, 0.717) is 0 Å². The van der Waals surface area contributed by atoms with Gasteiger partial charge in [-0.25, -0.2) is 4.39 Å². The molecule has 0 fully saturated rings. The Labute approximate surface area is 154 Å². The Kier molecular flexibility index (Phi) is 6.81. The van der Waals surface area contributed by atoms with Crippen LogP contribution in [-0.4, -0.2) is 29.4 Å². The molecule has 0 spiro atoms. The predicted octanol–water partition coefficient (Wildman–Crippen LogP) is 3.11. The van der Waals surface area contributed by atoms with Crippen molar-refractivity contribution in [3.8, 4) is 0 Å². The zero-order valence-corrected chi connectivity index (χ0v) is 14.5. The number of amides is 1. The van der Waals surface area contributed by atoms with E-state index in [9.17, 15) is 24.1 Å². The number of halogens is 1. The monoisotopic (exact) mass is 375 g/mol. The molecule has 9 heteroatoms. The number of carbonyl (C=O) groups excluding carboxylic acids is 2. The average molecular weight is 375 g/mol. The normalized spacial score (nSPS) is 11.3. The second-order valence-electron chi connectivity index (χ2n) is 5.55. The van der Waals surface area contributed by atoms with Crippen LogP contribution in [0.1, 0.15) is 13.3 Å². The van der Waals surface area contributed by atoms with E-state index in [4.69, 9.17) is 4.74 Å². The van der Waals surface area contributed by atoms with E-state index in [-0.39, 0.29) is 30.0 Å². The molecule has 2 aromatic rings. The first kappa shape index (κ1) is 19.8. The maximum Gasteiger partial charge on any atom is 0.308 e. The van der Waals surface area contributed by atoms with Gasteiger partial charge >= 0.3 is 5.97 Å². The van der Waals surface area contributed by atoms with Crippen LogP contribution < -0.4 is 10.6 Å². The summed E-state index contributed by atoms with van der Waals surface area (Å²) in [6, 6.07) is 11.7. The molecule has 0 aliphatic heterocycles. The van der Waals surface area contributed by atoms with Crippen LogP contribution in [0.4, 0.5) is 21.5 Å². The fourth-order valence-corrected chi connectivity index (χ4v) is 2.19. The quantitative estimate of drug-likeness (QED) is 0.417. The molecule has 0 saturated heterocycles. The number of hydrogen-bond donors (Lipinski definition) is 2. The Bertz CT molecular complexity index is 843. The molecule has 2 aromatic carbocycles. The van der Waals surface area contributed by atoms with Crippen molar-refractivity contribution in [3.05, 3.63) is 64.5 Å². The maximum absolute atomic E-state index is 13.5. The minimum atomic E-state index is -1.12. The molecule has 27 heavy (non-hydrogen) atoms. The van der Waals surface area contributed by atoms with Crippen LogP contribution in [0.25, 0.3) is 0 Å². The predicted molar refractivity (Wildman–Crippen MR) is 96.8 cm³/mol. The highest BCUT2D eigenvalue weighted by atomic mass is 19.1. The molecule has 142 valence electrons. The molecular weight excluding hydrogens is 357 g/mol. The van der Waals surface area contributed by atoms with Gasteiger partial charge in [-0.15, -0.1) is 0 Å². The van der Waals surface area contributed by atoms with Crippen LogP contribution in [0.5, 0.6) is 0 Å². The Morgan fingerprint density at radius 3 is 2.44 bits per heavy atom. The summed E-state index contributed by atoms with van der Waals surface area (Å²) in [5.74, 6) is -1.93. The number of anilines is 2. The van der Waals surface area contributed by atoms with Crippen molar-refractivity contribution in [3.63, 3.8) is 0 Å². The standard InChI is InChI=1S/C18H18FN3O5/c1-12(18(24)21-14-7-3-2-6-13(14)19)27-17(23)10-11-20-15-8-4-5-9-16(15)22(25)26/h2-9,12,20H,10-11H2,1H3,(H,21,24). The molecule has 0 saturated carbocycles. The van der Waals surface area contributed by atoms with Crippen molar-refractivity contribution in [1.29, 1.82) is 0 Å². The summed E-state index contributed by atoms with van der Waals surface area (Å²) in [5.41, 5.74) is 0.160. The molecule has 2 rings (SSSR count). The van der Waals surface area contributed by atoms with Gasteiger partial charge < -0.3 is 15.4 Å². The summed E-state index contributed by atoms with van der Waals surface area (Å²) in [6.07, 6.45) is -1.23. The van der Waals surface area contributed by atoms with Crippen molar-refractivity contribution in [2.75, 3.05) is 17.2 Å². The number of para-hydroxylation sites is 3. The number of nitro benzene ring substituents is 1. The largest absolute Gasteiger partial charge is 0.452 e. The highest BCUT2D eigenvalue weighted by molar-refractivity contribution is 5.95. The third kappa shape index (κ3) is 5.77. The van der Waals surface area contributed by atoms with Crippen LogP contribution in [0.2, 0.25) is 0 Å². The second kappa shape index (κ2) is 9.27. The highest BCUT2D eigenvalue weighted by Crippen LogP contribution is 2.22. The van der Waals surface area contributed by atoms with Gasteiger partial charge in [-0.05, 0) is 25.1 Å². The number of nitrogens with one attached hydrogen (secondary N) is 2. The smallest absolute Gasteiger partial charge is 0.308 e. The summed E-state index contributed by atoms with van der Waals surface area (Å²) in [7, 11) is 0. The molecule has 1 amide bonds. The Balaban J connectivity index is 1.81. The summed E-state index contributed by atoms with van der Waals surface area (Å²) in [4.78, 5) is 34.2. The molecule has 2 N–H and O–H groups in total. The summed E-state index contributed by atoms with van der Waals surface area (Å²) >= 11 is 0. The van der Waals surface area contributed by atoms with Crippen LogP contribution in [0.15, 0.2) is 48.5 Å². The van der Waals surface area contributed by atoms with Gasteiger partial charge in [0, 0.05) is 12.6 Å². The van der Waals surface area contributed by atoms with E-state index >= 15 is 0 Å². The number of carbonyl (C=O) groups is 2. The van der Waals surface area contributed by atoms with Crippen molar-refractivity contribution in [2.45, 2.75) is 19.4 Å². The fraction of sp³-hybridized carbons (Fsp3) is 0.222. The number of benzene rings is 2. The maximum atomic E-state index is 13.5. The Morgan fingerprint density at radius 2 is 1.78 bits per heavy atom. The molecule has 1 atom stereocenters. The lowest BCUT2D eigenvalue weighted by Gasteiger charge is -2.14. The first-order valence-electron chi connectivity index (χ1n) is 8.10. The third-order valence-electron chi connectivity index (χ3n) is 3.55. The molecule has 1 unspecified atom stereocenters. The minimum absolute atomic E-state index is 0.0107. The average Bonchev–Trinajstić information content (AvgIpc) is 2.63. The highest BCUT2D eigenvalue weighted by Gasteiger charge is 2.19. The van der Waals surface area contributed by atoms with E-state index in [2.05, 4.69) is 10.6 Å². The molecule has 0 aliphatic carbocycles. The fourth-order valence-electron chi connectivity index (χ4n) is 2.19. The van der Waals surface area contributed by atoms with Gasteiger partial charge in [-0.3, -0.25) is 19.7 Å². The summed E-state index contributed by atoms with van der Waals surface area (Å²) in [6.45, 7) is 1.45.